The smallest absolute Gasteiger partial charge is 0.494 e. The second-order valence-electron chi connectivity index (χ2n) is 8.95. The Hall–Kier alpha value is -3.29. The molecule has 0 saturated heterocycles. The third kappa shape index (κ3) is 4.93. The Balaban J connectivity index is 1.58. The van der Waals surface area contributed by atoms with E-state index in [0.717, 1.165) is 28.2 Å². The van der Waals surface area contributed by atoms with Gasteiger partial charge in [-0.05, 0) is 36.9 Å². The molecule has 202 valence electrons. The Morgan fingerprint density at radius 1 is 1.13 bits per heavy atom. The summed E-state index contributed by atoms with van der Waals surface area (Å²) in [7, 11) is 3.38. The lowest BCUT2D eigenvalue weighted by Gasteiger charge is -2.50. The fraction of sp³-hybridized carbons (Fsp3) is 0.320. The van der Waals surface area contributed by atoms with Crippen molar-refractivity contribution in [2.24, 2.45) is 11.5 Å². The van der Waals surface area contributed by atoms with Gasteiger partial charge in [-0.15, -0.1) is 13.2 Å². The van der Waals surface area contributed by atoms with Crippen LogP contribution in [0.2, 0.25) is 5.15 Å². The van der Waals surface area contributed by atoms with E-state index in [2.05, 4.69) is 9.72 Å². The number of methoxy groups -OCH3 is 1. The average molecular weight is 551 g/mol. The quantitative estimate of drug-likeness (QED) is 0.495. The van der Waals surface area contributed by atoms with Crippen LogP contribution < -0.4 is 25.8 Å². The van der Waals surface area contributed by atoms with Crippen molar-refractivity contribution in [2.75, 3.05) is 32.3 Å². The van der Waals surface area contributed by atoms with Crippen LogP contribution in [0.1, 0.15) is 11.5 Å². The number of alkyl halides is 3. The number of nitrogens with two attached hydrogens (primary N) is 2. The molecule has 0 aliphatic carbocycles. The zero-order chi connectivity index (χ0) is 27.2. The number of anilines is 1. The Morgan fingerprint density at radius 3 is 2.50 bits per heavy atom. The number of halogens is 4. The van der Waals surface area contributed by atoms with Crippen LogP contribution in [0.15, 0.2) is 66.3 Å². The molecule has 38 heavy (non-hydrogen) atoms. The first kappa shape index (κ1) is 26.3. The topological polar surface area (TPSA) is 104 Å². The molecule has 9 nitrogen and oxygen atoms in total. The third-order valence-corrected chi connectivity index (χ3v) is 6.92. The van der Waals surface area contributed by atoms with E-state index >= 15 is 0 Å². The van der Waals surface area contributed by atoms with Gasteiger partial charge in [0, 0.05) is 35.1 Å². The second-order valence-corrected chi connectivity index (χ2v) is 9.34. The van der Waals surface area contributed by atoms with Crippen molar-refractivity contribution in [1.82, 2.24) is 14.5 Å². The summed E-state index contributed by atoms with van der Waals surface area (Å²) in [5.41, 5.74) is 17.1. The summed E-state index contributed by atoms with van der Waals surface area (Å²) >= 11 is 6.00. The van der Waals surface area contributed by atoms with Crippen molar-refractivity contribution in [3.8, 4) is 17.2 Å². The van der Waals surface area contributed by atoms with Crippen molar-refractivity contribution in [3.63, 3.8) is 0 Å². The molecule has 0 saturated carbocycles. The molecule has 0 amide bonds. The summed E-state index contributed by atoms with van der Waals surface area (Å²) in [4.78, 5) is 7.84. The van der Waals surface area contributed by atoms with E-state index in [9.17, 15) is 13.2 Å². The van der Waals surface area contributed by atoms with E-state index in [0.29, 0.717) is 24.1 Å². The lowest BCUT2D eigenvalue weighted by molar-refractivity contribution is -0.274. The highest BCUT2D eigenvalue weighted by Gasteiger charge is 2.42. The normalized spacial score (nSPS) is 22.4. The summed E-state index contributed by atoms with van der Waals surface area (Å²) in [6.07, 6.45) is -2.68. The van der Waals surface area contributed by atoms with E-state index in [1.165, 1.54) is 12.1 Å². The predicted molar refractivity (Wildman–Crippen MR) is 135 cm³/mol. The molecule has 2 aromatic carbocycles. The van der Waals surface area contributed by atoms with E-state index < -0.39 is 18.8 Å². The molecule has 1 aromatic heterocycles. The number of rotatable bonds is 5. The lowest BCUT2D eigenvalue weighted by Crippen LogP contribution is -2.64. The number of likely N-dealkylation sites (N-methyl/N-ethyl adjacent to an activating group) is 1. The molecule has 0 spiro atoms. The molecular weight excluding hydrogens is 525 g/mol. The Bertz CT molecular complexity index is 1350. The number of ether oxygens (including phenoxy) is 3. The molecule has 3 atom stereocenters. The van der Waals surface area contributed by atoms with Gasteiger partial charge in [-0.25, -0.2) is 4.98 Å². The monoisotopic (exact) mass is 550 g/mol. The summed E-state index contributed by atoms with van der Waals surface area (Å²) in [6, 6.07) is 11.4. The van der Waals surface area contributed by atoms with Gasteiger partial charge in [-0.3, -0.25) is 10.6 Å². The maximum Gasteiger partial charge on any atom is 0.573 e. The van der Waals surface area contributed by atoms with Crippen molar-refractivity contribution < 1.29 is 27.4 Å². The van der Waals surface area contributed by atoms with Crippen LogP contribution >= 0.6 is 11.6 Å². The van der Waals surface area contributed by atoms with Gasteiger partial charge in [-0.2, -0.15) is 0 Å². The first-order chi connectivity index (χ1) is 18.1. The Kier molecular flexibility index (Phi) is 7.01. The fourth-order valence-corrected chi connectivity index (χ4v) is 5.01. The average Bonchev–Trinajstić information content (AvgIpc) is 3.32. The fourth-order valence-electron chi connectivity index (χ4n) is 4.87. The van der Waals surface area contributed by atoms with Gasteiger partial charge in [0.1, 0.15) is 29.3 Å². The SMILES string of the molecule is COc1cc(N2C3=C(COCC3c3ccc(OC(F)(F)F)cc3)C(N)N(C)C2N)ccc1-n1cnc(Cl)c1. The molecule has 3 unspecified atom stereocenters. The van der Waals surface area contributed by atoms with E-state index in [1.807, 2.05) is 35.0 Å². The zero-order valence-corrected chi connectivity index (χ0v) is 21.3. The number of aromatic nitrogens is 2. The number of imidazole rings is 1. The first-order valence-electron chi connectivity index (χ1n) is 11.6. The summed E-state index contributed by atoms with van der Waals surface area (Å²) in [6.45, 7) is 0.583. The first-order valence-corrected chi connectivity index (χ1v) is 12.0. The van der Waals surface area contributed by atoms with Crippen molar-refractivity contribution in [2.45, 2.75) is 24.7 Å². The minimum Gasteiger partial charge on any atom is -0.494 e. The molecule has 3 heterocycles. The maximum absolute atomic E-state index is 12.7. The molecule has 0 bridgehead atoms. The molecule has 2 aliphatic rings. The summed E-state index contributed by atoms with van der Waals surface area (Å²) < 4.78 is 55.4. The molecule has 2 aliphatic heterocycles. The van der Waals surface area contributed by atoms with Gasteiger partial charge in [0.15, 0.2) is 0 Å². The molecule has 4 N–H and O–H groups in total. The Labute approximate surface area is 221 Å². The van der Waals surface area contributed by atoms with Gasteiger partial charge in [0.2, 0.25) is 0 Å². The van der Waals surface area contributed by atoms with Gasteiger partial charge >= 0.3 is 6.36 Å². The number of nitrogens with zero attached hydrogens (tertiary/aromatic N) is 4. The highest BCUT2D eigenvalue weighted by atomic mass is 35.5. The molecule has 13 heteroatoms. The van der Waals surface area contributed by atoms with Crippen LogP contribution in [-0.2, 0) is 4.74 Å². The van der Waals surface area contributed by atoms with Crippen LogP contribution in [0.25, 0.3) is 5.69 Å². The van der Waals surface area contributed by atoms with Crippen LogP contribution in [0.4, 0.5) is 18.9 Å². The summed E-state index contributed by atoms with van der Waals surface area (Å²) in [5.74, 6) is -0.0935. The van der Waals surface area contributed by atoms with Crippen molar-refractivity contribution >= 4 is 17.3 Å². The van der Waals surface area contributed by atoms with E-state index in [1.54, 1.807) is 36.3 Å². The third-order valence-electron chi connectivity index (χ3n) is 6.73. The summed E-state index contributed by atoms with van der Waals surface area (Å²) in [5, 5.41) is 0.344. The van der Waals surface area contributed by atoms with Gasteiger partial charge in [0.25, 0.3) is 0 Å². The van der Waals surface area contributed by atoms with Crippen LogP contribution in [0.3, 0.4) is 0 Å². The van der Waals surface area contributed by atoms with Crippen LogP contribution in [-0.4, -0.2) is 60.6 Å². The largest absolute Gasteiger partial charge is 0.573 e. The zero-order valence-electron chi connectivity index (χ0n) is 20.5. The lowest BCUT2D eigenvalue weighted by atomic mass is 9.88. The standard InChI is InChI=1S/C25H26ClF3N6O3/c1-33-23(30)18-12-37-11-17(14-3-6-16(7-4-14)38-25(27,28)29)22(18)35(24(33)31)15-5-8-19(20(9-15)36-2)34-10-21(26)32-13-34/h3-10,13,17,23-24H,11-12,30-31H2,1-2H3. The van der Waals surface area contributed by atoms with E-state index in [4.69, 9.17) is 32.5 Å². The van der Waals surface area contributed by atoms with E-state index in [-0.39, 0.29) is 11.7 Å². The molecule has 3 aromatic rings. The van der Waals surface area contributed by atoms with Crippen LogP contribution in [0, 0.1) is 0 Å². The van der Waals surface area contributed by atoms with Gasteiger partial charge in [0.05, 0.1) is 32.2 Å². The van der Waals surface area contributed by atoms with Crippen molar-refractivity contribution in [3.05, 3.63) is 77.0 Å². The Morgan fingerprint density at radius 2 is 1.87 bits per heavy atom. The number of benzene rings is 2. The number of hydrogen-bond acceptors (Lipinski definition) is 8. The highest BCUT2D eigenvalue weighted by molar-refractivity contribution is 6.29. The molecule has 0 radical (unpaired) electrons. The number of hydrogen-bond donors (Lipinski definition) is 2. The van der Waals surface area contributed by atoms with Gasteiger partial charge in [-0.1, -0.05) is 23.7 Å². The molecular formula is C25H26ClF3N6O3. The highest BCUT2D eigenvalue weighted by Crippen LogP contribution is 2.43. The molecule has 0 fully saturated rings. The molecule has 5 rings (SSSR count). The maximum atomic E-state index is 12.7. The minimum absolute atomic E-state index is 0.290. The van der Waals surface area contributed by atoms with Crippen LogP contribution in [0.5, 0.6) is 11.5 Å². The predicted octanol–water partition coefficient (Wildman–Crippen LogP) is 3.78. The second kappa shape index (κ2) is 10.1. The van der Waals surface area contributed by atoms with Gasteiger partial charge < -0.3 is 29.4 Å². The minimum atomic E-state index is -4.78. The van der Waals surface area contributed by atoms with Crippen molar-refractivity contribution in [1.29, 1.82) is 0 Å².